The van der Waals surface area contributed by atoms with E-state index in [1.165, 1.54) is 66.8 Å². The van der Waals surface area contributed by atoms with Crippen molar-refractivity contribution in [3.05, 3.63) is 282 Å². The number of hydrogen-bond donors (Lipinski definition) is 0. The van der Waals surface area contributed by atoms with Crippen LogP contribution in [-0.4, -0.2) is 9.61 Å². The molecule has 3 nitrogen and oxygen atoms in total. The zero-order chi connectivity index (χ0) is 47.7. The first kappa shape index (κ1) is 40.8. The minimum atomic E-state index is -0.493. The van der Waals surface area contributed by atoms with Crippen LogP contribution in [0.5, 0.6) is 0 Å². The Balaban J connectivity index is 1.08. The highest BCUT2D eigenvalue weighted by atomic mass is 15.2. The van der Waals surface area contributed by atoms with Gasteiger partial charge in [-0.3, -0.25) is 0 Å². The zero-order valence-electron chi connectivity index (χ0n) is 40.0. The maximum atomic E-state index is 5.62. The van der Waals surface area contributed by atoms with Gasteiger partial charge in [-0.2, -0.15) is 5.10 Å². The van der Waals surface area contributed by atoms with Crippen molar-refractivity contribution in [3.8, 4) is 67.0 Å². The zero-order valence-corrected chi connectivity index (χ0v) is 40.0. The Morgan fingerprint density at radius 2 is 0.847 bits per heavy atom. The lowest BCUT2D eigenvalue weighted by Crippen LogP contribution is -2.26. The van der Waals surface area contributed by atoms with E-state index in [2.05, 4.69) is 272 Å². The quantitative estimate of drug-likeness (QED) is 0.166. The summed E-state index contributed by atoms with van der Waals surface area (Å²) in [7, 11) is 0. The molecule has 338 valence electrons. The first-order valence-electron chi connectivity index (χ1n) is 25.1. The second-order valence-electron chi connectivity index (χ2n) is 20.2. The Morgan fingerprint density at radius 1 is 0.375 bits per heavy atom. The maximum absolute atomic E-state index is 5.62. The van der Waals surface area contributed by atoms with Gasteiger partial charge in [0.15, 0.2) is 0 Å². The highest BCUT2D eigenvalue weighted by molar-refractivity contribution is 6.11. The van der Waals surface area contributed by atoms with E-state index >= 15 is 0 Å². The molecule has 0 unspecified atom stereocenters. The number of rotatable bonds is 6. The second-order valence-corrected chi connectivity index (χ2v) is 20.2. The van der Waals surface area contributed by atoms with Gasteiger partial charge in [0.05, 0.1) is 28.0 Å². The molecule has 0 amide bonds. The normalized spacial score (nSPS) is 13.9. The first-order chi connectivity index (χ1) is 35.5. The highest BCUT2D eigenvalue weighted by Crippen LogP contribution is 2.65. The molecule has 72 heavy (non-hydrogen) atoms. The molecule has 3 aliphatic rings. The fourth-order valence-electron chi connectivity index (χ4n) is 13.2. The highest BCUT2D eigenvalue weighted by Gasteiger charge is 2.52. The molecule has 10 aromatic carbocycles. The Labute approximate surface area is 419 Å². The van der Waals surface area contributed by atoms with Crippen molar-refractivity contribution in [2.24, 2.45) is 0 Å². The largest absolute Gasteiger partial charge is 0.309 e. The van der Waals surface area contributed by atoms with Crippen LogP contribution in [0.3, 0.4) is 0 Å². The molecular formula is C69H47N3. The molecule has 1 spiro atoms. The molecule has 3 aliphatic carbocycles. The molecular weight excluding hydrogens is 871 g/mol. The molecule has 0 aliphatic heterocycles. The van der Waals surface area contributed by atoms with Crippen molar-refractivity contribution in [3.63, 3.8) is 0 Å². The van der Waals surface area contributed by atoms with Crippen molar-refractivity contribution >= 4 is 33.4 Å². The molecule has 0 saturated heterocycles. The lowest BCUT2D eigenvalue weighted by Gasteiger charge is -2.33. The lowest BCUT2D eigenvalue weighted by atomic mass is 9.70. The number of aromatic nitrogens is 2. The van der Waals surface area contributed by atoms with Crippen LogP contribution in [0.15, 0.2) is 249 Å². The van der Waals surface area contributed by atoms with E-state index in [1.807, 2.05) is 0 Å². The molecule has 0 N–H and O–H groups in total. The molecule has 2 heterocycles. The van der Waals surface area contributed by atoms with Crippen LogP contribution in [-0.2, 0) is 10.8 Å². The van der Waals surface area contributed by atoms with Gasteiger partial charge in [-0.25, -0.2) is 4.52 Å². The van der Waals surface area contributed by atoms with Crippen LogP contribution in [0.4, 0.5) is 17.1 Å². The monoisotopic (exact) mass is 917 g/mol. The van der Waals surface area contributed by atoms with E-state index < -0.39 is 5.41 Å². The van der Waals surface area contributed by atoms with Gasteiger partial charge in [0, 0.05) is 44.3 Å². The smallest absolute Gasteiger partial charge is 0.101 e. The van der Waals surface area contributed by atoms with Crippen molar-refractivity contribution in [1.29, 1.82) is 0 Å². The SMILES string of the molecule is CC1(C)c2ccccc2-c2c(N(c3ccc4cc(-c5ccccc5)n5nc(-c6ccccc6)c(-c6ccccc6)c5c4c3)c3cccc4c3-c3ccccc3C43c4ccccc4-c4ccccc43)cccc21. The van der Waals surface area contributed by atoms with Crippen LogP contribution >= 0.6 is 0 Å². The van der Waals surface area contributed by atoms with Crippen molar-refractivity contribution in [2.75, 3.05) is 4.90 Å². The van der Waals surface area contributed by atoms with Crippen LogP contribution in [0, 0.1) is 0 Å². The summed E-state index contributed by atoms with van der Waals surface area (Å²) in [5, 5.41) is 7.89. The van der Waals surface area contributed by atoms with Gasteiger partial charge < -0.3 is 4.90 Å². The van der Waals surface area contributed by atoms with Crippen molar-refractivity contribution in [1.82, 2.24) is 9.61 Å². The van der Waals surface area contributed by atoms with E-state index in [4.69, 9.17) is 5.10 Å². The summed E-state index contributed by atoms with van der Waals surface area (Å²) in [4.78, 5) is 2.59. The number of anilines is 3. The minimum Gasteiger partial charge on any atom is -0.309 e. The van der Waals surface area contributed by atoms with Crippen LogP contribution in [0.1, 0.15) is 47.2 Å². The number of benzene rings is 10. The third kappa shape index (κ3) is 5.48. The predicted octanol–water partition coefficient (Wildman–Crippen LogP) is 17.6. The Kier molecular flexibility index (Phi) is 8.63. The van der Waals surface area contributed by atoms with Gasteiger partial charge in [-0.15, -0.1) is 0 Å². The van der Waals surface area contributed by atoms with E-state index in [0.717, 1.165) is 67.0 Å². The van der Waals surface area contributed by atoms with Gasteiger partial charge in [-0.1, -0.05) is 232 Å². The summed E-state index contributed by atoms with van der Waals surface area (Å²) in [5.74, 6) is 0. The van der Waals surface area contributed by atoms with E-state index in [9.17, 15) is 0 Å². The fourth-order valence-corrected chi connectivity index (χ4v) is 13.2. The Hall–Kier alpha value is -9.05. The van der Waals surface area contributed by atoms with Crippen LogP contribution < -0.4 is 4.90 Å². The molecule has 0 atom stereocenters. The van der Waals surface area contributed by atoms with Crippen molar-refractivity contribution < 1.29 is 0 Å². The van der Waals surface area contributed by atoms with E-state index in [1.54, 1.807) is 0 Å². The standard InChI is InChI=1S/C69H47N3/c1-68(2)54-32-16-14-30-51(54)64-58(68)36-20-38-60(64)71(61-39-21-37-59-65(61)52-31-15-19-35-57(52)69(59)55-33-17-12-28-49(55)50-29-13-18-34-56(50)69)48-41-40-47-42-62(44-22-6-3-7-23-44)72-67(53(47)43-48)63(45-24-8-4-9-25-45)66(70-72)46-26-10-5-11-27-46/h3-43H,1-2H3. The molecule has 3 heteroatoms. The van der Waals surface area contributed by atoms with E-state index in [-0.39, 0.29) is 5.41 Å². The number of nitrogens with zero attached hydrogens (tertiary/aromatic N) is 3. The average molecular weight is 918 g/mol. The molecule has 0 bridgehead atoms. The summed E-state index contributed by atoms with van der Waals surface area (Å²) in [6.45, 7) is 4.76. The van der Waals surface area contributed by atoms with Gasteiger partial charge in [-0.05, 0) is 96.9 Å². The minimum absolute atomic E-state index is 0.195. The average Bonchev–Trinajstić information content (AvgIpc) is 4.16. The third-order valence-corrected chi connectivity index (χ3v) is 16.2. The predicted molar refractivity (Wildman–Crippen MR) is 298 cm³/mol. The molecule has 2 aromatic heterocycles. The third-order valence-electron chi connectivity index (χ3n) is 16.2. The summed E-state index contributed by atoms with van der Waals surface area (Å²) in [5.41, 5.74) is 25.9. The summed E-state index contributed by atoms with van der Waals surface area (Å²) >= 11 is 0. The van der Waals surface area contributed by atoms with Crippen molar-refractivity contribution in [2.45, 2.75) is 24.7 Å². The fraction of sp³-hybridized carbons (Fsp3) is 0.0580. The number of hydrogen-bond acceptors (Lipinski definition) is 2. The summed E-state index contributed by atoms with van der Waals surface area (Å²) in [6.07, 6.45) is 0. The summed E-state index contributed by atoms with van der Waals surface area (Å²) < 4.78 is 2.21. The molecule has 0 saturated carbocycles. The van der Waals surface area contributed by atoms with Gasteiger partial charge in [0.2, 0.25) is 0 Å². The lowest BCUT2D eigenvalue weighted by molar-refractivity contribution is 0.660. The number of fused-ring (bicyclic) bond motifs is 16. The van der Waals surface area contributed by atoms with Gasteiger partial charge >= 0.3 is 0 Å². The maximum Gasteiger partial charge on any atom is 0.101 e. The Morgan fingerprint density at radius 3 is 1.47 bits per heavy atom. The molecule has 0 radical (unpaired) electrons. The Bertz CT molecular complexity index is 4140. The van der Waals surface area contributed by atoms with Gasteiger partial charge in [0.1, 0.15) is 5.69 Å². The topological polar surface area (TPSA) is 20.5 Å². The van der Waals surface area contributed by atoms with E-state index in [0.29, 0.717) is 0 Å². The molecule has 0 fully saturated rings. The van der Waals surface area contributed by atoms with Crippen LogP contribution in [0.2, 0.25) is 0 Å². The second kappa shape index (κ2) is 15.2. The van der Waals surface area contributed by atoms with Gasteiger partial charge in [0.25, 0.3) is 0 Å². The molecule has 15 rings (SSSR count). The van der Waals surface area contributed by atoms with Crippen LogP contribution in [0.25, 0.3) is 83.3 Å². The first-order valence-corrected chi connectivity index (χ1v) is 25.1. The molecule has 12 aromatic rings. The summed E-state index contributed by atoms with van der Waals surface area (Å²) in [6, 6.07) is 92.2. The number of pyridine rings is 1.